The van der Waals surface area contributed by atoms with E-state index in [0.29, 0.717) is 0 Å². The number of ether oxygens (including phenoxy) is 1. The molecule has 3 N–H and O–H groups in total. The van der Waals surface area contributed by atoms with Crippen molar-refractivity contribution in [3.05, 3.63) is 11.3 Å². The summed E-state index contributed by atoms with van der Waals surface area (Å²) in [5.41, 5.74) is -0.248. The van der Waals surface area contributed by atoms with Gasteiger partial charge < -0.3 is 9.84 Å². The van der Waals surface area contributed by atoms with Gasteiger partial charge in [-0.3, -0.25) is 9.89 Å². The van der Waals surface area contributed by atoms with Gasteiger partial charge in [0.25, 0.3) is 10.0 Å². The second-order valence-corrected chi connectivity index (χ2v) is 5.82. The molecule has 0 atom stereocenters. The van der Waals surface area contributed by atoms with Crippen molar-refractivity contribution < 1.29 is 27.9 Å². The summed E-state index contributed by atoms with van der Waals surface area (Å²) in [5.74, 6) is -1.80. The molecule has 0 saturated carbocycles. The van der Waals surface area contributed by atoms with Crippen LogP contribution in [-0.4, -0.2) is 48.8 Å². The third kappa shape index (κ3) is 4.53. The summed E-state index contributed by atoms with van der Waals surface area (Å²) in [5, 5.41) is 14.3. The SMILES string of the molecule is CCOC(=O)CCCNS(=O)(=O)c1n[nH]c(C)c1C(=O)O. The number of hydrogen-bond donors (Lipinski definition) is 3. The van der Waals surface area contributed by atoms with Gasteiger partial charge in [-0.1, -0.05) is 0 Å². The molecule has 21 heavy (non-hydrogen) atoms. The highest BCUT2D eigenvalue weighted by Crippen LogP contribution is 2.15. The summed E-state index contributed by atoms with van der Waals surface area (Å²) in [6.07, 6.45) is 0.311. The van der Waals surface area contributed by atoms with Crippen molar-refractivity contribution in [2.75, 3.05) is 13.2 Å². The van der Waals surface area contributed by atoms with E-state index in [2.05, 4.69) is 14.9 Å². The Kier molecular flexibility index (Phi) is 5.85. The Labute approximate surface area is 121 Å². The molecule has 0 bridgehead atoms. The lowest BCUT2D eigenvalue weighted by Crippen LogP contribution is -2.27. The molecule has 0 aromatic carbocycles. The Hall–Kier alpha value is -1.94. The smallest absolute Gasteiger partial charge is 0.340 e. The number of carboxylic acids is 1. The molecule has 0 aliphatic rings. The number of carbonyl (C=O) groups excluding carboxylic acids is 1. The summed E-state index contributed by atoms with van der Waals surface area (Å²) >= 11 is 0. The molecule has 0 spiro atoms. The zero-order valence-corrected chi connectivity index (χ0v) is 12.5. The average molecular weight is 319 g/mol. The Morgan fingerprint density at radius 1 is 1.43 bits per heavy atom. The van der Waals surface area contributed by atoms with Gasteiger partial charge in [0.1, 0.15) is 5.56 Å². The third-order valence-electron chi connectivity index (χ3n) is 2.54. The minimum Gasteiger partial charge on any atom is -0.478 e. The molecule has 9 nitrogen and oxygen atoms in total. The summed E-state index contributed by atoms with van der Waals surface area (Å²) in [6, 6.07) is 0. The average Bonchev–Trinajstić information content (AvgIpc) is 2.78. The molecule has 1 heterocycles. The number of esters is 1. The molecule has 0 radical (unpaired) electrons. The second-order valence-electron chi connectivity index (χ2n) is 4.14. The van der Waals surface area contributed by atoms with E-state index in [-0.39, 0.29) is 31.7 Å². The van der Waals surface area contributed by atoms with E-state index >= 15 is 0 Å². The predicted octanol–water partition coefficient (Wildman–Crippen LogP) is 0.0379. The molecule has 1 aromatic heterocycles. The minimum atomic E-state index is -4.05. The number of aromatic amines is 1. The van der Waals surface area contributed by atoms with Crippen molar-refractivity contribution in [2.45, 2.75) is 31.7 Å². The number of hydrogen-bond acceptors (Lipinski definition) is 6. The Morgan fingerprint density at radius 3 is 2.67 bits per heavy atom. The van der Waals surface area contributed by atoms with Gasteiger partial charge in [-0.25, -0.2) is 17.9 Å². The number of aromatic carboxylic acids is 1. The molecule has 10 heteroatoms. The maximum absolute atomic E-state index is 12.0. The van der Waals surface area contributed by atoms with Crippen molar-refractivity contribution in [3.63, 3.8) is 0 Å². The first kappa shape index (κ1) is 17.1. The van der Waals surface area contributed by atoms with E-state index in [4.69, 9.17) is 9.84 Å². The Balaban J connectivity index is 2.67. The van der Waals surface area contributed by atoms with Gasteiger partial charge in [-0.2, -0.15) is 5.10 Å². The lowest BCUT2D eigenvalue weighted by molar-refractivity contribution is -0.143. The van der Waals surface area contributed by atoms with E-state index < -0.39 is 32.6 Å². The van der Waals surface area contributed by atoms with Crippen LogP contribution in [0.4, 0.5) is 0 Å². The van der Waals surface area contributed by atoms with Crippen LogP contribution < -0.4 is 4.72 Å². The number of sulfonamides is 1. The van der Waals surface area contributed by atoms with Crippen LogP contribution in [0, 0.1) is 6.92 Å². The summed E-state index contributed by atoms with van der Waals surface area (Å²) in [7, 11) is -4.05. The fourth-order valence-corrected chi connectivity index (χ4v) is 2.82. The van der Waals surface area contributed by atoms with Crippen LogP contribution >= 0.6 is 0 Å². The molecule has 0 fully saturated rings. The van der Waals surface area contributed by atoms with Crippen LogP contribution in [0.2, 0.25) is 0 Å². The van der Waals surface area contributed by atoms with Gasteiger partial charge in [0, 0.05) is 18.7 Å². The number of aryl methyl sites for hydroxylation is 1. The first-order valence-electron chi connectivity index (χ1n) is 6.23. The fraction of sp³-hybridized carbons (Fsp3) is 0.545. The monoisotopic (exact) mass is 319 g/mol. The number of carboxylic acid groups (broad SMARTS) is 1. The summed E-state index contributed by atoms with van der Waals surface area (Å²) < 4.78 is 30.8. The number of aromatic nitrogens is 2. The lowest BCUT2D eigenvalue weighted by atomic mass is 10.3. The van der Waals surface area contributed by atoms with E-state index in [0.717, 1.165) is 0 Å². The molecular weight excluding hydrogens is 302 g/mol. The number of nitrogens with zero attached hydrogens (tertiary/aromatic N) is 1. The van der Waals surface area contributed by atoms with E-state index in [1.807, 2.05) is 0 Å². The molecule has 118 valence electrons. The van der Waals surface area contributed by atoms with E-state index in [1.54, 1.807) is 6.92 Å². The third-order valence-corrected chi connectivity index (χ3v) is 3.93. The number of nitrogens with one attached hydrogen (secondary N) is 2. The van der Waals surface area contributed by atoms with Crippen LogP contribution in [-0.2, 0) is 19.6 Å². The van der Waals surface area contributed by atoms with E-state index in [1.165, 1.54) is 6.92 Å². The molecule has 0 unspecified atom stereocenters. The van der Waals surface area contributed by atoms with Crippen LogP contribution in [0.1, 0.15) is 35.8 Å². The highest BCUT2D eigenvalue weighted by molar-refractivity contribution is 7.89. The molecule has 0 saturated heterocycles. The zero-order valence-electron chi connectivity index (χ0n) is 11.7. The van der Waals surface area contributed by atoms with Crippen LogP contribution in [0.25, 0.3) is 0 Å². The van der Waals surface area contributed by atoms with Gasteiger partial charge in [-0.15, -0.1) is 0 Å². The molecule has 0 amide bonds. The maximum atomic E-state index is 12.0. The molecule has 0 aliphatic heterocycles. The number of carbonyl (C=O) groups is 2. The standard InChI is InChI=1S/C11H17N3O6S/c1-3-20-8(15)5-4-6-12-21(18,19)10-9(11(16)17)7(2)13-14-10/h12H,3-6H2,1-2H3,(H,13,14)(H,16,17). The highest BCUT2D eigenvalue weighted by atomic mass is 32.2. The first-order valence-corrected chi connectivity index (χ1v) is 7.71. The summed E-state index contributed by atoms with van der Waals surface area (Å²) in [4.78, 5) is 22.1. The zero-order chi connectivity index (χ0) is 16.0. The Bertz CT molecular complexity index is 622. The number of rotatable bonds is 8. The summed E-state index contributed by atoms with van der Waals surface area (Å²) in [6.45, 7) is 3.33. The highest BCUT2D eigenvalue weighted by Gasteiger charge is 2.27. The van der Waals surface area contributed by atoms with Gasteiger partial charge in [0.05, 0.1) is 6.61 Å². The fourth-order valence-electron chi connectivity index (χ4n) is 1.59. The maximum Gasteiger partial charge on any atom is 0.340 e. The first-order chi connectivity index (χ1) is 9.79. The number of H-pyrrole nitrogens is 1. The molecular formula is C11H17N3O6S. The molecule has 1 rings (SSSR count). The minimum absolute atomic E-state index is 0.0217. The van der Waals surface area contributed by atoms with Gasteiger partial charge >= 0.3 is 11.9 Å². The van der Waals surface area contributed by atoms with Crippen LogP contribution in [0.3, 0.4) is 0 Å². The largest absolute Gasteiger partial charge is 0.478 e. The van der Waals surface area contributed by atoms with Gasteiger partial charge in [0.2, 0.25) is 5.03 Å². The quantitative estimate of drug-likeness (QED) is 0.454. The van der Waals surface area contributed by atoms with Gasteiger partial charge in [-0.05, 0) is 20.3 Å². The predicted molar refractivity (Wildman–Crippen MR) is 71.3 cm³/mol. The molecule has 1 aromatic rings. The van der Waals surface area contributed by atoms with Gasteiger partial charge in [0.15, 0.2) is 0 Å². The van der Waals surface area contributed by atoms with Crippen molar-refractivity contribution >= 4 is 22.0 Å². The topological polar surface area (TPSA) is 138 Å². The van der Waals surface area contributed by atoms with Crippen molar-refractivity contribution in [1.82, 2.24) is 14.9 Å². The van der Waals surface area contributed by atoms with Crippen LogP contribution in [0.5, 0.6) is 0 Å². The normalized spacial score (nSPS) is 11.3. The molecule has 0 aliphatic carbocycles. The van der Waals surface area contributed by atoms with Crippen molar-refractivity contribution in [2.24, 2.45) is 0 Å². The Morgan fingerprint density at radius 2 is 2.10 bits per heavy atom. The van der Waals surface area contributed by atoms with Crippen molar-refractivity contribution in [3.8, 4) is 0 Å². The van der Waals surface area contributed by atoms with E-state index in [9.17, 15) is 18.0 Å². The second kappa shape index (κ2) is 7.18. The lowest BCUT2D eigenvalue weighted by Gasteiger charge is -2.05. The van der Waals surface area contributed by atoms with Crippen molar-refractivity contribution in [1.29, 1.82) is 0 Å². The van der Waals surface area contributed by atoms with Crippen LogP contribution in [0.15, 0.2) is 5.03 Å².